The van der Waals surface area contributed by atoms with E-state index in [9.17, 15) is 4.79 Å². The number of nitrogens with zero attached hydrogens (tertiary/aromatic N) is 1. The summed E-state index contributed by atoms with van der Waals surface area (Å²) in [5.74, 6) is 0.619. The maximum Gasteiger partial charge on any atom is 0.222 e. The van der Waals surface area contributed by atoms with Gasteiger partial charge in [0.2, 0.25) is 5.91 Å². The largest absolute Gasteiger partial charge is 0.342 e. The van der Waals surface area contributed by atoms with E-state index in [-0.39, 0.29) is 5.91 Å². The van der Waals surface area contributed by atoms with E-state index in [1.165, 1.54) is 11.1 Å². The van der Waals surface area contributed by atoms with Crippen molar-refractivity contribution >= 4 is 5.91 Å². The van der Waals surface area contributed by atoms with Crippen LogP contribution < -0.4 is 5.73 Å². The average molecular weight is 232 g/mol. The van der Waals surface area contributed by atoms with Crippen LogP contribution in [0.1, 0.15) is 17.5 Å². The van der Waals surface area contributed by atoms with Gasteiger partial charge in [-0.1, -0.05) is 29.8 Å². The summed E-state index contributed by atoms with van der Waals surface area (Å²) in [6.45, 7) is 4.36. The molecule has 1 aliphatic heterocycles. The Kier molecular flexibility index (Phi) is 3.79. The van der Waals surface area contributed by atoms with E-state index in [2.05, 4.69) is 31.2 Å². The Morgan fingerprint density at radius 2 is 2.29 bits per heavy atom. The number of likely N-dealkylation sites (tertiary alicyclic amines) is 1. The molecule has 1 amide bonds. The van der Waals surface area contributed by atoms with Gasteiger partial charge in [0.1, 0.15) is 0 Å². The van der Waals surface area contributed by atoms with Crippen LogP contribution in [0.3, 0.4) is 0 Å². The molecule has 1 aliphatic rings. The van der Waals surface area contributed by atoms with Crippen LogP contribution >= 0.6 is 0 Å². The average Bonchev–Trinajstić information content (AvgIpc) is 2.68. The first-order valence-electron chi connectivity index (χ1n) is 6.22. The Bertz CT molecular complexity index is 403. The van der Waals surface area contributed by atoms with Crippen molar-refractivity contribution in [2.24, 2.45) is 11.7 Å². The van der Waals surface area contributed by atoms with Crippen LogP contribution in [-0.2, 0) is 11.2 Å². The molecule has 0 saturated carbocycles. The number of rotatable bonds is 4. The number of hydrogen-bond donors (Lipinski definition) is 1. The first-order chi connectivity index (χ1) is 8.19. The predicted molar refractivity (Wildman–Crippen MR) is 68.6 cm³/mol. The fourth-order valence-electron chi connectivity index (χ4n) is 2.36. The van der Waals surface area contributed by atoms with E-state index < -0.39 is 0 Å². The molecule has 1 atom stereocenters. The van der Waals surface area contributed by atoms with Crippen LogP contribution in [0.4, 0.5) is 0 Å². The number of carbonyl (C=O) groups is 1. The highest BCUT2D eigenvalue weighted by Crippen LogP contribution is 2.17. The minimum atomic E-state index is 0.258. The molecule has 0 aliphatic carbocycles. The fraction of sp³-hybridized carbons (Fsp3) is 0.500. The second-order valence-corrected chi connectivity index (χ2v) is 4.88. The molecule has 1 unspecified atom stereocenters. The summed E-state index contributed by atoms with van der Waals surface area (Å²) in [6, 6.07) is 8.46. The van der Waals surface area contributed by atoms with E-state index in [1.54, 1.807) is 0 Å². The molecule has 1 fully saturated rings. The van der Waals surface area contributed by atoms with Gasteiger partial charge in [-0.2, -0.15) is 0 Å². The van der Waals surface area contributed by atoms with Crippen LogP contribution in [0.2, 0.25) is 0 Å². The number of hydrogen-bond acceptors (Lipinski definition) is 2. The molecule has 0 radical (unpaired) electrons. The minimum absolute atomic E-state index is 0.258. The van der Waals surface area contributed by atoms with Gasteiger partial charge in [-0.05, 0) is 31.4 Å². The van der Waals surface area contributed by atoms with Gasteiger partial charge in [0, 0.05) is 19.5 Å². The van der Waals surface area contributed by atoms with Crippen molar-refractivity contribution < 1.29 is 4.79 Å². The molecule has 0 bridgehead atoms. The maximum atomic E-state index is 11.7. The number of nitrogens with two attached hydrogens (primary N) is 1. The second-order valence-electron chi connectivity index (χ2n) is 4.88. The van der Waals surface area contributed by atoms with Gasteiger partial charge in [0.15, 0.2) is 0 Å². The van der Waals surface area contributed by atoms with Crippen LogP contribution in [0.15, 0.2) is 24.3 Å². The molecule has 0 spiro atoms. The van der Waals surface area contributed by atoms with E-state index >= 15 is 0 Å². The molecular formula is C14H20N2O. The molecule has 2 N–H and O–H groups in total. The first-order valence-corrected chi connectivity index (χ1v) is 6.22. The van der Waals surface area contributed by atoms with Crippen molar-refractivity contribution in [1.82, 2.24) is 4.90 Å². The number of carbonyl (C=O) groups excluding carboxylic acids is 1. The van der Waals surface area contributed by atoms with Crippen molar-refractivity contribution in [2.45, 2.75) is 19.8 Å². The maximum absolute atomic E-state index is 11.7. The fourth-order valence-corrected chi connectivity index (χ4v) is 2.36. The first kappa shape index (κ1) is 12.1. The lowest BCUT2D eigenvalue weighted by Gasteiger charge is -2.16. The Hall–Kier alpha value is -1.35. The normalized spacial score (nSPS) is 20.0. The Morgan fingerprint density at radius 1 is 1.47 bits per heavy atom. The molecule has 3 heteroatoms. The Balaban J connectivity index is 1.88. The Morgan fingerprint density at radius 3 is 2.94 bits per heavy atom. The van der Waals surface area contributed by atoms with Crippen molar-refractivity contribution in [3.05, 3.63) is 35.4 Å². The standard InChI is InChI=1S/C14H20N2O/c1-11-3-2-4-12(7-11)5-6-16-10-13(9-15)8-14(16)17/h2-4,7,13H,5-6,8-10,15H2,1H3. The number of aryl methyl sites for hydroxylation is 1. The highest BCUT2D eigenvalue weighted by atomic mass is 16.2. The third-order valence-electron chi connectivity index (χ3n) is 3.38. The zero-order chi connectivity index (χ0) is 12.3. The summed E-state index contributed by atoms with van der Waals surface area (Å²) in [5, 5.41) is 0. The molecule has 17 heavy (non-hydrogen) atoms. The zero-order valence-electron chi connectivity index (χ0n) is 10.4. The summed E-state index contributed by atoms with van der Waals surface area (Å²) >= 11 is 0. The smallest absolute Gasteiger partial charge is 0.222 e. The van der Waals surface area contributed by atoms with E-state index in [0.29, 0.717) is 18.9 Å². The van der Waals surface area contributed by atoms with E-state index in [0.717, 1.165) is 19.5 Å². The summed E-state index contributed by atoms with van der Waals surface area (Å²) in [5.41, 5.74) is 8.18. The van der Waals surface area contributed by atoms with Gasteiger partial charge in [0.25, 0.3) is 0 Å². The topological polar surface area (TPSA) is 46.3 Å². The van der Waals surface area contributed by atoms with Crippen LogP contribution in [-0.4, -0.2) is 30.4 Å². The predicted octanol–water partition coefficient (Wildman–Crippen LogP) is 1.34. The third kappa shape index (κ3) is 3.07. The monoisotopic (exact) mass is 232 g/mol. The SMILES string of the molecule is Cc1cccc(CCN2CC(CN)CC2=O)c1. The van der Waals surface area contributed by atoms with Crippen molar-refractivity contribution in [2.75, 3.05) is 19.6 Å². The van der Waals surface area contributed by atoms with E-state index in [1.807, 2.05) is 4.90 Å². The molecule has 1 saturated heterocycles. The Labute approximate surface area is 103 Å². The van der Waals surface area contributed by atoms with Gasteiger partial charge in [0.05, 0.1) is 0 Å². The van der Waals surface area contributed by atoms with Crippen LogP contribution in [0.5, 0.6) is 0 Å². The highest BCUT2D eigenvalue weighted by Gasteiger charge is 2.27. The van der Waals surface area contributed by atoms with Gasteiger partial charge in [-0.15, -0.1) is 0 Å². The molecule has 1 aromatic rings. The van der Waals surface area contributed by atoms with Crippen molar-refractivity contribution in [1.29, 1.82) is 0 Å². The summed E-state index contributed by atoms with van der Waals surface area (Å²) in [6.07, 6.45) is 1.56. The minimum Gasteiger partial charge on any atom is -0.342 e. The summed E-state index contributed by atoms with van der Waals surface area (Å²) < 4.78 is 0. The summed E-state index contributed by atoms with van der Waals surface area (Å²) in [4.78, 5) is 13.6. The number of benzene rings is 1. The lowest BCUT2D eigenvalue weighted by atomic mass is 10.1. The highest BCUT2D eigenvalue weighted by molar-refractivity contribution is 5.78. The van der Waals surface area contributed by atoms with Crippen molar-refractivity contribution in [3.63, 3.8) is 0 Å². The van der Waals surface area contributed by atoms with Crippen molar-refractivity contribution in [3.8, 4) is 0 Å². The van der Waals surface area contributed by atoms with Gasteiger partial charge in [-0.25, -0.2) is 0 Å². The zero-order valence-corrected chi connectivity index (χ0v) is 10.4. The quantitative estimate of drug-likeness (QED) is 0.851. The van der Waals surface area contributed by atoms with Crippen LogP contribution in [0.25, 0.3) is 0 Å². The lowest BCUT2D eigenvalue weighted by molar-refractivity contribution is -0.127. The molecular weight excluding hydrogens is 212 g/mol. The van der Waals surface area contributed by atoms with E-state index in [4.69, 9.17) is 5.73 Å². The van der Waals surface area contributed by atoms with Gasteiger partial charge >= 0.3 is 0 Å². The van der Waals surface area contributed by atoms with Gasteiger partial charge in [-0.3, -0.25) is 4.79 Å². The molecule has 0 aromatic heterocycles. The van der Waals surface area contributed by atoms with Crippen LogP contribution in [0, 0.1) is 12.8 Å². The molecule has 3 nitrogen and oxygen atoms in total. The number of amides is 1. The molecule has 92 valence electrons. The third-order valence-corrected chi connectivity index (χ3v) is 3.38. The lowest BCUT2D eigenvalue weighted by Crippen LogP contribution is -2.28. The molecule has 2 rings (SSSR count). The van der Waals surface area contributed by atoms with Gasteiger partial charge < -0.3 is 10.6 Å². The molecule has 1 aromatic carbocycles. The second kappa shape index (κ2) is 5.32. The molecule has 1 heterocycles. The summed E-state index contributed by atoms with van der Waals surface area (Å²) in [7, 11) is 0.